The van der Waals surface area contributed by atoms with Crippen LogP contribution in [0.1, 0.15) is 25.7 Å². The molecule has 0 atom stereocenters. The number of methoxy groups -OCH3 is 1. The molecular formula is C11H22N2O2. The van der Waals surface area contributed by atoms with E-state index in [1.807, 2.05) is 0 Å². The van der Waals surface area contributed by atoms with Crippen molar-refractivity contribution in [3.63, 3.8) is 0 Å². The van der Waals surface area contributed by atoms with Gasteiger partial charge in [0.05, 0.1) is 7.11 Å². The Kier molecular flexibility index (Phi) is 5.65. The molecule has 4 nitrogen and oxygen atoms in total. The Bertz CT molecular complexity index is 193. The number of nitrogens with zero attached hydrogens (tertiary/aromatic N) is 1. The summed E-state index contributed by atoms with van der Waals surface area (Å²) in [6, 6.07) is 0.835. The average Bonchev–Trinajstić information content (AvgIpc) is 3.05. The fourth-order valence-electron chi connectivity index (χ4n) is 1.54. The molecule has 1 fully saturated rings. The maximum Gasteiger partial charge on any atom is 0.305 e. The molecule has 0 saturated heterocycles. The third kappa shape index (κ3) is 5.74. The SMILES string of the molecule is COC(=O)CCCNCCN(C)C1CC1. The summed E-state index contributed by atoms with van der Waals surface area (Å²) < 4.78 is 4.56. The second-order valence-electron chi connectivity index (χ2n) is 4.14. The second-order valence-corrected chi connectivity index (χ2v) is 4.14. The molecule has 1 aliphatic rings. The summed E-state index contributed by atoms with van der Waals surface area (Å²) >= 11 is 0. The number of nitrogens with one attached hydrogen (secondary N) is 1. The zero-order chi connectivity index (χ0) is 11.1. The lowest BCUT2D eigenvalue weighted by atomic mass is 10.3. The predicted octanol–water partition coefficient (Wildman–Crippen LogP) is 0.623. The molecule has 1 N–H and O–H groups in total. The van der Waals surface area contributed by atoms with Crippen LogP contribution in [-0.2, 0) is 9.53 Å². The molecule has 0 aromatic heterocycles. The fourth-order valence-corrected chi connectivity index (χ4v) is 1.54. The van der Waals surface area contributed by atoms with Crippen molar-refractivity contribution < 1.29 is 9.53 Å². The van der Waals surface area contributed by atoms with Crippen molar-refractivity contribution >= 4 is 5.97 Å². The second kappa shape index (κ2) is 6.80. The first-order valence-electron chi connectivity index (χ1n) is 5.72. The van der Waals surface area contributed by atoms with E-state index in [9.17, 15) is 4.79 Å². The minimum absolute atomic E-state index is 0.119. The highest BCUT2D eigenvalue weighted by Crippen LogP contribution is 2.24. The standard InChI is InChI=1S/C11H22N2O2/c1-13(10-5-6-10)9-8-12-7-3-4-11(14)15-2/h10,12H,3-9H2,1-2H3. The van der Waals surface area contributed by atoms with Gasteiger partial charge >= 0.3 is 5.97 Å². The third-order valence-corrected chi connectivity index (χ3v) is 2.77. The largest absolute Gasteiger partial charge is 0.469 e. The van der Waals surface area contributed by atoms with Gasteiger partial charge in [0.2, 0.25) is 0 Å². The lowest BCUT2D eigenvalue weighted by Crippen LogP contribution is -2.31. The smallest absolute Gasteiger partial charge is 0.305 e. The minimum Gasteiger partial charge on any atom is -0.469 e. The molecule has 15 heavy (non-hydrogen) atoms. The summed E-state index contributed by atoms with van der Waals surface area (Å²) in [5.41, 5.74) is 0. The minimum atomic E-state index is -0.119. The third-order valence-electron chi connectivity index (χ3n) is 2.77. The van der Waals surface area contributed by atoms with Crippen molar-refractivity contribution in [1.82, 2.24) is 10.2 Å². The molecule has 0 radical (unpaired) electrons. The summed E-state index contributed by atoms with van der Waals surface area (Å²) in [5.74, 6) is -0.119. The Morgan fingerprint density at radius 3 is 2.80 bits per heavy atom. The monoisotopic (exact) mass is 214 g/mol. The van der Waals surface area contributed by atoms with Crippen LogP contribution in [0.2, 0.25) is 0 Å². The van der Waals surface area contributed by atoms with Crippen molar-refractivity contribution in [2.45, 2.75) is 31.7 Å². The van der Waals surface area contributed by atoms with Crippen LogP contribution in [-0.4, -0.2) is 50.7 Å². The average molecular weight is 214 g/mol. The van der Waals surface area contributed by atoms with E-state index < -0.39 is 0 Å². The van der Waals surface area contributed by atoms with E-state index in [0.29, 0.717) is 6.42 Å². The number of hydrogen-bond donors (Lipinski definition) is 1. The van der Waals surface area contributed by atoms with Crippen molar-refractivity contribution in [1.29, 1.82) is 0 Å². The molecule has 4 heteroatoms. The number of carbonyl (C=O) groups is 1. The Hall–Kier alpha value is -0.610. The number of rotatable bonds is 8. The lowest BCUT2D eigenvalue weighted by Gasteiger charge is -2.15. The molecule has 0 aromatic carbocycles. The first kappa shape index (κ1) is 12.5. The molecule has 0 spiro atoms. The van der Waals surface area contributed by atoms with Crippen LogP contribution in [0.5, 0.6) is 0 Å². The highest BCUT2D eigenvalue weighted by atomic mass is 16.5. The molecule has 0 unspecified atom stereocenters. The van der Waals surface area contributed by atoms with Crippen molar-refractivity contribution in [2.24, 2.45) is 0 Å². The Morgan fingerprint density at radius 1 is 1.47 bits per heavy atom. The van der Waals surface area contributed by atoms with Crippen LogP contribution >= 0.6 is 0 Å². The van der Waals surface area contributed by atoms with Gasteiger partial charge in [-0.25, -0.2) is 0 Å². The van der Waals surface area contributed by atoms with E-state index in [1.54, 1.807) is 0 Å². The van der Waals surface area contributed by atoms with Gasteiger partial charge in [0.15, 0.2) is 0 Å². The lowest BCUT2D eigenvalue weighted by molar-refractivity contribution is -0.140. The van der Waals surface area contributed by atoms with Gasteiger partial charge in [-0.1, -0.05) is 0 Å². The van der Waals surface area contributed by atoms with Crippen molar-refractivity contribution in [3.05, 3.63) is 0 Å². The van der Waals surface area contributed by atoms with Gasteiger partial charge < -0.3 is 15.0 Å². The van der Waals surface area contributed by atoms with E-state index in [1.165, 1.54) is 20.0 Å². The molecule has 0 bridgehead atoms. The van der Waals surface area contributed by atoms with E-state index in [-0.39, 0.29) is 5.97 Å². The fraction of sp³-hybridized carbons (Fsp3) is 0.909. The predicted molar refractivity (Wildman–Crippen MR) is 59.8 cm³/mol. The zero-order valence-electron chi connectivity index (χ0n) is 9.79. The normalized spacial score (nSPS) is 15.7. The van der Waals surface area contributed by atoms with Crippen LogP contribution in [0, 0.1) is 0 Å². The van der Waals surface area contributed by atoms with E-state index in [2.05, 4.69) is 22.0 Å². The van der Waals surface area contributed by atoms with Crippen LogP contribution in [0.25, 0.3) is 0 Å². The summed E-state index contributed by atoms with van der Waals surface area (Å²) in [4.78, 5) is 13.2. The van der Waals surface area contributed by atoms with Crippen molar-refractivity contribution in [3.8, 4) is 0 Å². The number of hydrogen-bond acceptors (Lipinski definition) is 4. The van der Waals surface area contributed by atoms with Gasteiger partial charge in [0, 0.05) is 25.6 Å². The zero-order valence-corrected chi connectivity index (χ0v) is 9.79. The topological polar surface area (TPSA) is 41.6 Å². The van der Waals surface area contributed by atoms with Crippen molar-refractivity contribution in [2.75, 3.05) is 33.8 Å². The molecule has 0 aromatic rings. The number of likely N-dealkylation sites (N-methyl/N-ethyl adjacent to an activating group) is 1. The Morgan fingerprint density at radius 2 is 2.20 bits per heavy atom. The molecule has 88 valence electrons. The molecule has 1 aliphatic carbocycles. The first-order valence-corrected chi connectivity index (χ1v) is 5.72. The molecular weight excluding hydrogens is 192 g/mol. The summed E-state index contributed by atoms with van der Waals surface area (Å²) in [7, 11) is 3.61. The van der Waals surface area contributed by atoms with Gasteiger partial charge in [0.25, 0.3) is 0 Å². The number of carbonyl (C=O) groups excluding carboxylic acids is 1. The van der Waals surface area contributed by atoms with Crippen LogP contribution < -0.4 is 5.32 Å². The number of ether oxygens (including phenoxy) is 1. The highest BCUT2D eigenvalue weighted by molar-refractivity contribution is 5.68. The quantitative estimate of drug-likeness (QED) is 0.475. The van der Waals surface area contributed by atoms with E-state index in [0.717, 1.165) is 32.1 Å². The summed E-state index contributed by atoms with van der Waals surface area (Å²) in [6.07, 6.45) is 4.10. The molecule has 0 aliphatic heterocycles. The first-order chi connectivity index (χ1) is 7.24. The summed E-state index contributed by atoms with van der Waals surface area (Å²) in [5, 5.41) is 3.33. The maximum atomic E-state index is 10.8. The van der Waals surface area contributed by atoms with Crippen LogP contribution in [0.4, 0.5) is 0 Å². The van der Waals surface area contributed by atoms with Gasteiger partial charge in [0.1, 0.15) is 0 Å². The Balaban J connectivity index is 1.82. The van der Waals surface area contributed by atoms with Gasteiger partial charge in [-0.05, 0) is 32.9 Å². The highest BCUT2D eigenvalue weighted by Gasteiger charge is 2.25. The van der Waals surface area contributed by atoms with E-state index >= 15 is 0 Å². The van der Waals surface area contributed by atoms with Crippen LogP contribution in [0.15, 0.2) is 0 Å². The summed E-state index contributed by atoms with van der Waals surface area (Å²) in [6.45, 7) is 3.00. The molecule has 1 saturated carbocycles. The Labute approximate surface area is 92.0 Å². The van der Waals surface area contributed by atoms with Gasteiger partial charge in [-0.3, -0.25) is 4.79 Å². The molecule has 1 rings (SSSR count). The number of esters is 1. The molecule has 0 heterocycles. The van der Waals surface area contributed by atoms with Gasteiger partial charge in [-0.15, -0.1) is 0 Å². The van der Waals surface area contributed by atoms with Gasteiger partial charge in [-0.2, -0.15) is 0 Å². The van der Waals surface area contributed by atoms with E-state index in [4.69, 9.17) is 0 Å². The maximum absolute atomic E-state index is 10.8. The van der Waals surface area contributed by atoms with Crippen LogP contribution in [0.3, 0.4) is 0 Å². The molecule has 0 amide bonds.